The van der Waals surface area contributed by atoms with E-state index in [1.807, 2.05) is 7.11 Å². The Morgan fingerprint density at radius 1 is 1.21 bits per heavy atom. The lowest BCUT2D eigenvalue weighted by Gasteiger charge is -2.41. The van der Waals surface area contributed by atoms with Crippen molar-refractivity contribution < 1.29 is 4.74 Å². The Balaban J connectivity index is 2.54. The monoisotopic (exact) mass is 199 g/mol. The van der Waals surface area contributed by atoms with Crippen molar-refractivity contribution in [3.05, 3.63) is 0 Å². The Morgan fingerprint density at radius 3 is 2.29 bits per heavy atom. The molecule has 0 amide bonds. The number of ether oxygens (including phenoxy) is 1. The molecule has 14 heavy (non-hydrogen) atoms. The molecule has 1 aliphatic heterocycles. The molecule has 1 heterocycles. The molecule has 1 rings (SSSR count). The molecule has 84 valence electrons. The molecule has 0 radical (unpaired) electrons. The van der Waals surface area contributed by atoms with Crippen molar-refractivity contribution in [1.29, 1.82) is 0 Å². The minimum absolute atomic E-state index is 0.436. The van der Waals surface area contributed by atoms with E-state index in [9.17, 15) is 0 Å². The van der Waals surface area contributed by atoms with Gasteiger partial charge < -0.3 is 4.74 Å². The molecule has 0 bridgehead atoms. The van der Waals surface area contributed by atoms with E-state index >= 15 is 0 Å². The predicted octanol–water partition coefficient (Wildman–Crippen LogP) is 2.39. The van der Waals surface area contributed by atoms with E-state index in [1.165, 1.54) is 13.0 Å². The van der Waals surface area contributed by atoms with Crippen LogP contribution in [0.15, 0.2) is 0 Å². The number of hydrogen-bond acceptors (Lipinski definition) is 2. The Bertz CT molecular complexity index is 168. The fraction of sp³-hybridized carbons (Fsp3) is 1.00. The first-order chi connectivity index (χ1) is 6.56. The number of rotatable bonds is 3. The van der Waals surface area contributed by atoms with Crippen LogP contribution in [0, 0.1) is 11.8 Å². The topological polar surface area (TPSA) is 12.5 Å². The van der Waals surface area contributed by atoms with E-state index in [4.69, 9.17) is 4.74 Å². The van der Waals surface area contributed by atoms with Crippen LogP contribution in [0.5, 0.6) is 0 Å². The molecule has 0 aromatic rings. The quantitative estimate of drug-likeness (QED) is 0.692. The Hall–Kier alpha value is -0.0800. The molecular weight excluding hydrogens is 174 g/mol. The maximum Gasteiger partial charge on any atom is 0.0729 e. The smallest absolute Gasteiger partial charge is 0.0729 e. The molecule has 0 spiro atoms. The highest BCUT2D eigenvalue weighted by molar-refractivity contribution is 4.84. The number of nitrogens with zero attached hydrogens (tertiary/aromatic N) is 1. The van der Waals surface area contributed by atoms with Gasteiger partial charge in [-0.05, 0) is 38.6 Å². The van der Waals surface area contributed by atoms with Crippen molar-refractivity contribution in [3.8, 4) is 0 Å². The van der Waals surface area contributed by atoms with Crippen LogP contribution < -0.4 is 0 Å². The molecule has 1 fully saturated rings. The zero-order valence-corrected chi connectivity index (χ0v) is 10.3. The van der Waals surface area contributed by atoms with Gasteiger partial charge >= 0.3 is 0 Å². The third-order valence-corrected chi connectivity index (χ3v) is 3.53. The predicted molar refractivity (Wildman–Crippen MR) is 60.5 cm³/mol. The average molecular weight is 199 g/mol. The highest BCUT2D eigenvalue weighted by atomic mass is 16.5. The SMILES string of the molecule is CO[C@@H]1CN(C(C)C)CC[C@@H]1C(C)C. The number of likely N-dealkylation sites (tertiary alicyclic amines) is 1. The van der Waals surface area contributed by atoms with Gasteiger partial charge in [-0.1, -0.05) is 13.8 Å². The fourth-order valence-corrected chi connectivity index (χ4v) is 2.44. The summed E-state index contributed by atoms with van der Waals surface area (Å²) in [6, 6.07) is 0.653. The van der Waals surface area contributed by atoms with Crippen molar-refractivity contribution in [2.75, 3.05) is 20.2 Å². The van der Waals surface area contributed by atoms with Gasteiger partial charge in [0.1, 0.15) is 0 Å². The normalized spacial score (nSPS) is 30.2. The highest BCUT2D eigenvalue weighted by Gasteiger charge is 2.31. The summed E-state index contributed by atoms with van der Waals surface area (Å²) in [5, 5.41) is 0. The lowest BCUT2D eigenvalue weighted by molar-refractivity contribution is -0.0352. The lowest BCUT2D eigenvalue weighted by atomic mass is 9.84. The third-order valence-electron chi connectivity index (χ3n) is 3.53. The van der Waals surface area contributed by atoms with Crippen LogP contribution in [0.2, 0.25) is 0 Å². The van der Waals surface area contributed by atoms with Crippen LogP contribution >= 0.6 is 0 Å². The van der Waals surface area contributed by atoms with Crippen molar-refractivity contribution in [1.82, 2.24) is 4.90 Å². The molecule has 0 aromatic carbocycles. The summed E-state index contributed by atoms with van der Waals surface area (Å²) in [5.74, 6) is 1.49. The van der Waals surface area contributed by atoms with Crippen LogP contribution in [-0.4, -0.2) is 37.2 Å². The van der Waals surface area contributed by atoms with Crippen LogP contribution in [0.25, 0.3) is 0 Å². The second kappa shape index (κ2) is 5.13. The number of piperidine rings is 1. The van der Waals surface area contributed by atoms with Gasteiger partial charge in [0.2, 0.25) is 0 Å². The molecule has 2 atom stereocenters. The molecule has 1 aliphatic rings. The summed E-state index contributed by atoms with van der Waals surface area (Å²) in [4.78, 5) is 2.52. The lowest BCUT2D eigenvalue weighted by Crippen LogP contribution is -2.48. The van der Waals surface area contributed by atoms with Gasteiger partial charge in [-0.2, -0.15) is 0 Å². The van der Waals surface area contributed by atoms with E-state index in [2.05, 4.69) is 32.6 Å². The van der Waals surface area contributed by atoms with E-state index in [1.54, 1.807) is 0 Å². The van der Waals surface area contributed by atoms with Crippen molar-refractivity contribution >= 4 is 0 Å². The maximum atomic E-state index is 5.60. The standard InChI is InChI=1S/C12H25NO/c1-9(2)11-6-7-13(10(3)4)8-12(11)14-5/h9-12H,6-8H2,1-5H3/t11-,12-/m1/s1. The van der Waals surface area contributed by atoms with E-state index < -0.39 is 0 Å². The first kappa shape index (κ1) is 12.0. The number of hydrogen-bond donors (Lipinski definition) is 0. The fourth-order valence-electron chi connectivity index (χ4n) is 2.44. The summed E-state index contributed by atoms with van der Waals surface area (Å²) < 4.78 is 5.60. The summed E-state index contributed by atoms with van der Waals surface area (Å²) in [6.07, 6.45) is 1.72. The maximum absolute atomic E-state index is 5.60. The van der Waals surface area contributed by atoms with Gasteiger partial charge in [-0.25, -0.2) is 0 Å². The van der Waals surface area contributed by atoms with E-state index in [-0.39, 0.29) is 0 Å². The molecule has 0 N–H and O–H groups in total. The Morgan fingerprint density at radius 2 is 1.86 bits per heavy atom. The van der Waals surface area contributed by atoms with Gasteiger partial charge in [0.05, 0.1) is 6.10 Å². The molecule has 0 saturated carbocycles. The van der Waals surface area contributed by atoms with Gasteiger partial charge in [0, 0.05) is 19.7 Å². The van der Waals surface area contributed by atoms with Gasteiger partial charge in [0.25, 0.3) is 0 Å². The second-order valence-corrected chi connectivity index (χ2v) is 5.06. The minimum atomic E-state index is 0.436. The first-order valence-electron chi connectivity index (χ1n) is 5.83. The van der Waals surface area contributed by atoms with E-state index in [0.29, 0.717) is 12.1 Å². The summed E-state index contributed by atoms with van der Waals surface area (Å²) in [7, 11) is 1.85. The molecule has 2 heteroatoms. The summed E-state index contributed by atoms with van der Waals surface area (Å²) in [6.45, 7) is 11.5. The van der Waals surface area contributed by atoms with Crippen LogP contribution in [-0.2, 0) is 4.74 Å². The van der Waals surface area contributed by atoms with Gasteiger partial charge in [-0.3, -0.25) is 4.90 Å². The van der Waals surface area contributed by atoms with Gasteiger partial charge in [-0.15, -0.1) is 0 Å². The third kappa shape index (κ3) is 2.71. The molecule has 2 nitrogen and oxygen atoms in total. The first-order valence-corrected chi connectivity index (χ1v) is 5.83. The molecular formula is C12H25NO. The molecule has 0 aliphatic carbocycles. The van der Waals surface area contributed by atoms with Crippen molar-refractivity contribution in [2.45, 2.75) is 46.3 Å². The van der Waals surface area contributed by atoms with E-state index in [0.717, 1.165) is 18.4 Å². The second-order valence-electron chi connectivity index (χ2n) is 5.06. The van der Waals surface area contributed by atoms with Crippen LogP contribution in [0.4, 0.5) is 0 Å². The Labute approximate surface area is 88.6 Å². The molecule has 1 saturated heterocycles. The minimum Gasteiger partial charge on any atom is -0.380 e. The molecule has 0 aromatic heterocycles. The average Bonchev–Trinajstić information content (AvgIpc) is 2.16. The largest absolute Gasteiger partial charge is 0.380 e. The highest BCUT2D eigenvalue weighted by Crippen LogP contribution is 2.27. The van der Waals surface area contributed by atoms with Gasteiger partial charge in [0.15, 0.2) is 0 Å². The van der Waals surface area contributed by atoms with Crippen molar-refractivity contribution in [2.24, 2.45) is 11.8 Å². The van der Waals surface area contributed by atoms with Crippen LogP contribution in [0.1, 0.15) is 34.1 Å². The Kier molecular flexibility index (Phi) is 4.39. The zero-order valence-electron chi connectivity index (χ0n) is 10.3. The number of methoxy groups -OCH3 is 1. The van der Waals surface area contributed by atoms with Crippen molar-refractivity contribution in [3.63, 3.8) is 0 Å². The van der Waals surface area contributed by atoms with Crippen LogP contribution in [0.3, 0.4) is 0 Å². The summed E-state index contributed by atoms with van der Waals surface area (Å²) in [5.41, 5.74) is 0. The molecule has 0 unspecified atom stereocenters. The zero-order chi connectivity index (χ0) is 10.7. The summed E-state index contributed by atoms with van der Waals surface area (Å²) >= 11 is 0.